The van der Waals surface area contributed by atoms with Crippen molar-refractivity contribution < 1.29 is 19.0 Å². The van der Waals surface area contributed by atoms with Crippen molar-refractivity contribution >= 4 is 22.7 Å². The number of carboxylic acid groups (broad SMARTS) is 1. The average molecular weight is 526 g/mol. The minimum Gasteiger partial charge on any atom is -0.497 e. The molecule has 0 radical (unpaired) electrons. The Kier molecular flexibility index (Phi) is 7.30. The van der Waals surface area contributed by atoms with Gasteiger partial charge in [0, 0.05) is 48.9 Å². The van der Waals surface area contributed by atoms with Gasteiger partial charge in [-0.2, -0.15) is 5.26 Å². The van der Waals surface area contributed by atoms with E-state index in [-0.39, 0.29) is 12.6 Å². The predicted molar refractivity (Wildman–Crippen MR) is 148 cm³/mol. The summed E-state index contributed by atoms with van der Waals surface area (Å²) in [6.07, 6.45) is 2.24. The molecule has 1 fully saturated rings. The number of rotatable bonds is 6. The number of halogens is 1. The second-order valence-corrected chi connectivity index (χ2v) is 9.56. The van der Waals surface area contributed by atoms with E-state index in [1.165, 1.54) is 19.2 Å². The van der Waals surface area contributed by atoms with E-state index in [4.69, 9.17) is 15.5 Å². The number of benzene rings is 3. The third-order valence-electron chi connectivity index (χ3n) is 7.14. The topological polar surface area (TPSA) is 124 Å². The molecule has 0 unspecified atom stereocenters. The summed E-state index contributed by atoms with van der Waals surface area (Å²) >= 11 is 0. The number of aromatic nitrogens is 1. The van der Waals surface area contributed by atoms with Gasteiger partial charge in [0.25, 0.3) is 0 Å². The molecule has 1 saturated heterocycles. The molecule has 0 spiro atoms. The van der Waals surface area contributed by atoms with Crippen LogP contribution in [-0.4, -0.2) is 42.4 Å². The lowest BCUT2D eigenvalue weighted by molar-refractivity contribution is 0.194. The standard InChI is InChI=1S/C30H28FN5O3/c1-39-23-12-20(11-21(31)14-23)27-17-34-28-6-5-18(13-25(28)29(27)36-9-7-22(33)8-10-36)24-4-2-3-19(15-32)26(24)16-35-30(37)38/h2-6,11-14,17,22,35H,7-10,16,33H2,1H3,(H,37,38). The predicted octanol–water partition coefficient (Wildman–Crippen LogP) is 5.28. The minimum absolute atomic E-state index is 0.00924. The smallest absolute Gasteiger partial charge is 0.404 e. The van der Waals surface area contributed by atoms with E-state index in [1.54, 1.807) is 24.4 Å². The van der Waals surface area contributed by atoms with Gasteiger partial charge in [-0.05, 0) is 65.4 Å². The summed E-state index contributed by atoms with van der Waals surface area (Å²) in [6.45, 7) is 1.47. The van der Waals surface area contributed by atoms with Crippen molar-refractivity contribution in [3.63, 3.8) is 0 Å². The molecule has 39 heavy (non-hydrogen) atoms. The Morgan fingerprint density at radius 3 is 2.69 bits per heavy atom. The largest absolute Gasteiger partial charge is 0.497 e. The van der Waals surface area contributed by atoms with Crippen LogP contribution in [0, 0.1) is 17.1 Å². The average Bonchev–Trinajstić information content (AvgIpc) is 2.95. The molecular formula is C30H28FN5O3. The van der Waals surface area contributed by atoms with Gasteiger partial charge < -0.3 is 25.8 Å². The van der Waals surface area contributed by atoms with Gasteiger partial charge in [0.15, 0.2) is 0 Å². The maximum absolute atomic E-state index is 14.6. The van der Waals surface area contributed by atoms with Gasteiger partial charge in [0.1, 0.15) is 11.6 Å². The zero-order chi connectivity index (χ0) is 27.5. The van der Waals surface area contributed by atoms with Gasteiger partial charge in [-0.1, -0.05) is 18.2 Å². The number of amides is 1. The molecule has 198 valence electrons. The highest BCUT2D eigenvalue weighted by atomic mass is 19.1. The van der Waals surface area contributed by atoms with E-state index in [0.717, 1.165) is 59.2 Å². The van der Waals surface area contributed by atoms with Crippen molar-refractivity contribution in [1.29, 1.82) is 5.26 Å². The number of nitrogens with two attached hydrogens (primary N) is 1. The zero-order valence-electron chi connectivity index (χ0n) is 21.4. The third-order valence-corrected chi connectivity index (χ3v) is 7.14. The minimum atomic E-state index is -1.17. The summed E-state index contributed by atoms with van der Waals surface area (Å²) in [5.41, 5.74) is 11.8. The number of nitriles is 1. The van der Waals surface area contributed by atoms with Crippen molar-refractivity contribution in [3.05, 3.63) is 77.7 Å². The molecule has 4 aromatic rings. The van der Waals surface area contributed by atoms with Gasteiger partial charge >= 0.3 is 6.09 Å². The maximum atomic E-state index is 14.6. The molecule has 0 saturated carbocycles. The fraction of sp³-hybridized carbons (Fsp3) is 0.233. The third kappa shape index (κ3) is 5.33. The van der Waals surface area contributed by atoms with Crippen molar-refractivity contribution in [3.8, 4) is 34.1 Å². The molecule has 1 amide bonds. The molecule has 0 atom stereocenters. The molecule has 0 bridgehead atoms. The molecule has 2 heterocycles. The number of nitrogens with one attached hydrogen (secondary N) is 1. The van der Waals surface area contributed by atoms with Crippen molar-refractivity contribution in [1.82, 2.24) is 10.3 Å². The lowest BCUT2D eigenvalue weighted by atomic mass is 9.93. The Balaban J connectivity index is 1.73. The Morgan fingerprint density at radius 1 is 1.18 bits per heavy atom. The summed E-state index contributed by atoms with van der Waals surface area (Å²) in [5.74, 6) is 0.00283. The van der Waals surface area contributed by atoms with Crippen molar-refractivity contribution in [2.75, 3.05) is 25.1 Å². The fourth-order valence-corrected chi connectivity index (χ4v) is 5.17. The number of fused-ring (bicyclic) bond motifs is 1. The van der Waals surface area contributed by atoms with Crippen LogP contribution in [0.5, 0.6) is 5.75 Å². The van der Waals surface area contributed by atoms with Crippen LogP contribution in [0.3, 0.4) is 0 Å². The highest BCUT2D eigenvalue weighted by Crippen LogP contribution is 2.41. The summed E-state index contributed by atoms with van der Waals surface area (Å²) in [6, 6.07) is 18.0. The molecule has 0 aliphatic carbocycles. The van der Waals surface area contributed by atoms with Gasteiger partial charge in [0.2, 0.25) is 0 Å². The van der Waals surface area contributed by atoms with E-state index in [9.17, 15) is 19.6 Å². The Bertz CT molecular complexity index is 1590. The van der Waals surface area contributed by atoms with Crippen LogP contribution in [0.1, 0.15) is 24.0 Å². The molecule has 8 nitrogen and oxygen atoms in total. The van der Waals surface area contributed by atoms with E-state index in [0.29, 0.717) is 22.4 Å². The second-order valence-electron chi connectivity index (χ2n) is 9.56. The summed E-state index contributed by atoms with van der Waals surface area (Å²) in [7, 11) is 1.50. The van der Waals surface area contributed by atoms with Crippen LogP contribution in [0.25, 0.3) is 33.2 Å². The lowest BCUT2D eigenvalue weighted by Crippen LogP contribution is -2.40. The number of ether oxygens (including phenoxy) is 1. The quantitative estimate of drug-likeness (QED) is 0.313. The number of pyridine rings is 1. The van der Waals surface area contributed by atoms with E-state index in [2.05, 4.69) is 16.3 Å². The van der Waals surface area contributed by atoms with Crippen LogP contribution < -0.4 is 20.7 Å². The molecule has 1 aliphatic rings. The first-order valence-corrected chi connectivity index (χ1v) is 12.7. The van der Waals surface area contributed by atoms with E-state index < -0.39 is 11.9 Å². The number of hydrogen-bond acceptors (Lipinski definition) is 6. The van der Waals surface area contributed by atoms with Crippen LogP contribution in [0.2, 0.25) is 0 Å². The summed E-state index contributed by atoms with van der Waals surface area (Å²) in [5, 5.41) is 22.1. The van der Waals surface area contributed by atoms with Crippen LogP contribution in [0.4, 0.5) is 14.9 Å². The lowest BCUT2D eigenvalue weighted by Gasteiger charge is -2.34. The fourth-order valence-electron chi connectivity index (χ4n) is 5.17. The Morgan fingerprint density at radius 2 is 1.97 bits per heavy atom. The van der Waals surface area contributed by atoms with E-state index >= 15 is 0 Å². The van der Waals surface area contributed by atoms with Gasteiger partial charge in [-0.15, -0.1) is 0 Å². The number of piperidine rings is 1. The highest BCUT2D eigenvalue weighted by Gasteiger charge is 2.23. The van der Waals surface area contributed by atoms with Crippen LogP contribution in [0.15, 0.2) is 60.8 Å². The zero-order valence-corrected chi connectivity index (χ0v) is 21.4. The monoisotopic (exact) mass is 525 g/mol. The van der Waals surface area contributed by atoms with Gasteiger partial charge in [-0.25, -0.2) is 9.18 Å². The summed E-state index contributed by atoms with van der Waals surface area (Å²) < 4.78 is 19.9. The highest BCUT2D eigenvalue weighted by molar-refractivity contribution is 6.02. The molecule has 4 N–H and O–H groups in total. The molecular weight excluding hydrogens is 497 g/mol. The normalized spacial score (nSPS) is 13.7. The van der Waals surface area contributed by atoms with E-state index in [1.807, 2.05) is 24.3 Å². The SMILES string of the molecule is COc1cc(F)cc(-c2cnc3ccc(-c4cccc(C#N)c4CNC(=O)O)cc3c2N2CCC(N)CC2)c1. The maximum Gasteiger partial charge on any atom is 0.404 e. The van der Waals surface area contributed by atoms with Crippen LogP contribution >= 0.6 is 0 Å². The molecule has 1 aromatic heterocycles. The number of anilines is 1. The first kappa shape index (κ1) is 25.9. The molecule has 3 aromatic carbocycles. The van der Waals surface area contributed by atoms with Crippen molar-refractivity contribution in [2.45, 2.75) is 25.4 Å². The Hall–Kier alpha value is -4.68. The second kappa shape index (κ2) is 11.0. The molecule has 5 rings (SSSR count). The van der Waals surface area contributed by atoms with Gasteiger partial charge in [-0.3, -0.25) is 4.98 Å². The number of carbonyl (C=O) groups is 1. The van der Waals surface area contributed by atoms with Crippen LogP contribution in [-0.2, 0) is 6.54 Å². The first-order chi connectivity index (χ1) is 18.9. The summed E-state index contributed by atoms with van der Waals surface area (Å²) in [4.78, 5) is 18.2. The molecule has 1 aliphatic heterocycles. The number of hydrogen-bond donors (Lipinski definition) is 3. The first-order valence-electron chi connectivity index (χ1n) is 12.7. The van der Waals surface area contributed by atoms with Crippen molar-refractivity contribution in [2.24, 2.45) is 5.73 Å². The van der Waals surface area contributed by atoms with Gasteiger partial charge in [0.05, 0.1) is 29.9 Å². The molecule has 9 heteroatoms. The number of methoxy groups -OCH3 is 1. The number of nitrogens with zero attached hydrogens (tertiary/aromatic N) is 3. The Labute approximate surface area is 225 Å².